The molecule has 0 unspecified atom stereocenters. The molecule has 2 aliphatic heterocycles. The monoisotopic (exact) mass is 367 g/mol. The molecule has 4 rings (SSSR count). The van der Waals surface area contributed by atoms with E-state index in [1.54, 1.807) is 13.1 Å². The van der Waals surface area contributed by atoms with Gasteiger partial charge in [-0.25, -0.2) is 0 Å². The average molecular weight is 367 g/mol. The number of H-pyrrole nitrogens is 1. The van der Waals surface area contributed by atoms with Gasteiger partial charge in [-0.15, -0.1) is 0 Å². The Morgan fingerprint density at radius 3 is 2.96 bits per heavy atom. The Bertz CT molecular complexity index is 908. The van der Waals surface area contributed by atoms with Gasteiger partial charge in [-0.2, -0.15) is 5.10 Å². The van der Waals surface area contributed by atoms with Crippen molar-refractivity contribution in [3.8, 4) is 0 Å². The second-order valence-corrected chi connectivity index (χ2v) is 7.14. The molecule has 0 saturated carbocycles. The van der Waals surface area contributed by atoms with E-state index < -0.39 is 0 Å². The largest absolute Gasteiger partial charge is 0.398 e. The third-order valence-electron chi connectivity index (χ3n) is 5.39. The summed E-state index contributed by atoms with van der Waals surface area (Å²) >= 11 is 0. The number of benzene rings is 1. The van der Waals surface area contributed by atoms with Crippen molar-refractivity contribution in [3.63, 3.8) is 0 Å². The average Bonchev–Trinajstić information content (AvgIpc) is 3.17. The van der Waals surface area contributed by atoms with Crippen molar-refractivity contribution in [1.29, 1.82) is 0 Å². The minimum absolute atomic E-state index is 0.0620. The van der Waals surface area contributed by atoms with Gasteiger partial charge in [-0.3, -0.25) is 14.9 Å². The van der Waals surface area contributed by atoms with Crippen LogP contribution in [0.5, 0.6) is 0 Å². The lowest BCUT2D eigenvalue weighted by Crippen LogP contribution is -2.40. The number of aliphatic imine (C=N–C) groups is 1. The van der Waals surface area contributed by atoms with Gasteiger partial charge in [-0.05, 0) is 18.9 Å². The fourth-order valence-corrected chi connectivity index (χ4v) is 3.80. The van der Waals surface area contributed by atoms with E-state index in [0.717, 1.165) is 60.2 Å². The lowest BCUT2D eigenvalue weighted by molar-refractivity contribution is -0.128. The lowest BCUT2D eigenvalue weighted by Gasteiger charge is -2.31. The summed E-state index contributed by atoms with van der Waals surface area (Å²) in [6, 6.07) is 6.21. The Morgan fingerprint density at radius 2 is 2.19 bits per heavy atom. The molecule has 2 aromatic rings. The topological polar surface area (TPSA) is 96.6 Å². The lowest BCUT2D eigenvalue weighted by atomic mass is 9.94. The van der Waals surface area contributed by atoms with E-state index in [-0.39, 0.29) is 11.9 Å². The molecule has 0 bridgehead atoms. The third-order valence-corrected chi connectivity index (χ3v) is 5.39. The zero-order chi connectivity index (χ0) is 18.8. The number of amides is 1. The molecule has 2 saturated heterocycles. The number of nitrogens with one attached hydrogen (secondary N) is 1. The first-order chi connectivity index (χ1) is 13.1. The van der Waals surface area contributed by atoms with E-state index in [9.17, 15) is 4.79 Å². The molecule has 1 aromatic heterocycles. The van der Waals surface area contributed by atoms with Crippen LogP contribution in [-0.2, 0) is 9.53 Å². The molecule has 0 aliphatic carbocycles. The molecule has 142 valence electrons. The number of fused-ring (bicyclic) bond motifs is 1. The first-order valence-electron chi connectivity index (χ1n) is 9.45. The number of aromatic nitrogens is 2. The molecule has 2 fully saturated rings. The maximum atomic E-state index is 12.0. The van der Waals surface area contributed by atoms with Crippen molar-refractivity contribution in [2.45, 2.75) is 32.2 Å². The molecule has 3 N–H and O–H groups in total. The van der Waals surface area contributed by atoms with Crippen molar-refractivity contribution >= 4 is 28.2 Å². The van der Waals surface area contributed by atoms with Crippen LogP contribution in [0.25, 0.3) is 16.6 Å². The number of carbonyl (C=O) groups excluding carboxylic acids is 1. The minimum Gasteiger partial charge on any atom is -0.398 e. The van der Waals surface area contributed by atoms with Gasteiger partial charge in [-0.1, -0.05) is 12.1 Å². The second-order valence-electron chi connectivity index (χ2n) is 7.14. The van der Waals surface area contributed by atoms with E-state index in [4.69, 9.17) is 15.5 Å². The number of nitrogens with two attached hydrogens (primary N) is 1. The van der Waals surface area contributed by atoms with Gasteiger partial charge in [0.15, 0.2) is 0 Å². The quantitative estimate of drug-likeness (QED) is 0.849. The number of likely N-dealkylation sites (tertiary alicyclic amines) is 1. The van der Waals surface area contributed by atoms with Crippen molar-refractivity contribution < 1.29 is 9.53 Å². The maximum Gasteiger partial charge on any atom is 0.219 e. The fraction of sp³-hybridized carbons (Fsp3) is 0.450. The van der Waals surface area contributed by atoms with Crippen molar-refractivity contribution in [3.05, 3.63) is 35.5 Å². The van der Waals surface area contributed by atoms with E-state index in [2.05, 4.69) is 10.2 Å². The normalized spacial score (nSPS) is 22.4. The number of ether oxygens (including phenoxy) is 1. The number of hydrogen-bond acceptors (Lipinski definition) is 5. The molecule has 1 aromatic carbocycles. The zero-order valence-corrected chi connectivity index (χ0v) is 15.6. The Hall–Kier alpha value is -2.67. The molecule has 7 nitrogen and oxygen atoms in total. The van der Waals surface area contributed by atoms with E-state index in [0.29, 0.717) is 18.8 Å². The second kappa shape index (κ2) is 7.52. The Labute approximate surface area is 158 Å². The predicted molar refractivity (Wildman–Crippen MR) is 105 cm³/mol. The van der Waals surface area contributed by atoms with Crippen LogP contribution < -0.4 is 5.73 Å². The number of hydrogen-bond donors (Lipinski definition) is 2. The summed E-state index contributed by atoms with van der Waals surface area (Å²) < 4.78 is 5.45. The summed E-state index contributed by atoms with van der Waals surface area (Å²) in [6.45, 7) is 4.29. The highest BCUT2D eigenvalue weighted by Crippen LogP contribution is 2.27. The smallest absolute Gasteiger partial charge is 0.219 e. The summed E-state index contributed by atoms with van der Waals surface area (Å²) in [5.74, 6) is 0.0620. The third kappa shape index (κ3) is 3.60. The summed E-state index contributed by atoms with van der Waals surface area (Å²) in [5, 5.41) is 8.10. The van der Waals surface area contributed by atoms with Crippen molar-refractivity contribution in [1.82, 2.24) is 15.1 Å². The fourth-order valence-electron chi connectivity index (χ4n) is 3.80. The summed E-state index contributed by atoms with van der Waals surface area (Å²) in [5.41, 5.74) is 11.2. The van der Waals surface area contributed by atoms with E-state index >= 15 is 0 Å². The van der Waals surface area contributed by atoms with Gasteiger partial charge >= 0.3 is 0 Å². The molecular weight excluding hydrogens is 342 g/mol. The standard InChI is InChI=1S/C20H25N5O2/c1-13(26)25-8-5-18(23-14-6-9-27-10-7-14)17(12-25)20(21)15-3-2-4-19-16(15)11-22-24-19/h2-4,11,14H,5-10,12,21H2,1H3,(H,22,24). The van der Waals surface area contributed by atoms with Gasteiger partial charge in [0.05, 0.1) is 17.8 Å². The number of aromatic amines is 1. The highest BCUT2D eigenvalue weighted by Gasteiger charge is 2.26. The van der Waals surface area contributed by atoms with Crippen LogP contribution in [0, 0.1) is 0 Å². The Morgan fingerprint density at radius 1 is 1.37 bits per heavy atom. The molecule has 3 heterocycles. The molecule has 0 radical (unpaired) electrons. The van der Waals surface area contributed by atoms with Gasteiger partial charge < -0.3 is 15.4 Å². The Balaban J connectivity index is 1.77. The minimum atomic E-state index is 0.0620. The van der Waals surface area contributed by atoms with Crippen LogP contribution in [-0.4, -0.2) is 59.1 Å². The van der Waals surface area contributed by atoms with Crippen LogP contribution in [0.2, 0.25) is 0 Å². The molecule has 1 amide bonds. The zero-order valence-electron chi connectivity index (χ0n) is 15.6. The summed E-state index contributed by atoms with van der Waals surface area (Å²) in [4.78, 5) is 18.8. The molecule has 27 heavy (non-hydrogen) atoms. The summed E-state index contributed by atoms with van der Waals surface area (Å²) in [7, 11) is 0. The first kappa shape index (κ1) is 17.7. The van der Waals surface area contributed by atoms with Gasteiger partial charge in [0.25, 0.3) is 0 Å². The van der Waals surface area contributed by atoms with Crippen LogP contribution in [0.4, 0.5) is 0 Å². The van der Waals surface area contributed by atoms with Gasteiger partial charge in [0, 0.05) is 67.6 Å². The SMILES string of the molecule is CC(=O)N1CCC(=NC2CCOCC2)C(=C(N)c2cccc3[nH]ncc23)C1. The molecular formula is C20H25N5O2. The van der Waals surface area contributed by atoms with Crippen LogP contribution in [0.1, 0.15) is 31.7 Å². The van der Waals surface area contributed by atoms with Crippen molar-refractivity contribution in [2.24, 2.45) is 10.7 Å². The Kier molecular flexibility index (Phi) is 4.94. The van der Waals surface area contributed by atoms with Crippen LogP contribution in [0.3, 0.4) is 0 Å². The molecule has 7 heteroatoms. The van der Waals surface area contributed by atoms with E-state index in [1.165, 1.54) is 0 Å². The molecule has 2 aliphatic rings. The number of rotatable bonds is 2. The highest BCUT2D eigenvalue weighted by atomic mass is 16.5. The number of carbonyl (C=O) groups is 1. The molecule has 0 spiro atoms. The predicted octanol–water partition coefficient (Wildman–Crippen LogP) is 2.10. The first-order valence-corrected chi connectivity index (χ1v) is 9.45. The maximum absolute atomic E-state index is 12.0. The van der Waals surface area contributed by atoms with Crippen LogP contribution >= 0.6 is 0 Å². The van der Waals surface area contributed by atoms with E-state index in [1.807, 2.05) is 23.1 Å². The van der Waals surface area contributed by atoms with Crippen LogP contribution in [0.15, 0.2) is 35.0 Å². The van der Waals surface area contributed by atoms with Gasteiger partial charge in [0.1, 0.15) is 0 Å². The summed E-state index contributed by atoms with van der Waals surface area (Å²) in [6.07, 6.45) is 4.39. The van der Waals surface area contributed by atoms with Gasteiger partial charge in [0.2, 0.25) is 5.91 Å². The van der Waals surface area contributed by atoms with Crippen molar-refractivity contribution in [2.75, 3.05) is 26.3 Å². The number of nitrogens with zero attached hydrogens (tertiary/aromatic N) is 3. The highest BCUT2D eigenvalue weighted by molar-refractivity contribution is 6.09. The number of piperidine rings is 1. The molecule has 0 atom stereocenters.